The minimum atomic E-state index is -0.804. The molecule has 0 amide bonds. The maximum absolute atomic E-state index is 11.0. The van der Waals surface area contributed by atoms with E-state index < -0.39 is 5.97 Å². The van der Waals surface area contributed by atoms with Crippen molar-refractivity contribution in [1.82, 2.24) is 0 Å². The average Bonchev–Trinajstić information content (AvgIpc) is 2.29. The molecular weight excluding hydrogens is 202 g/mol. The van der Waals surface area contributed by atoms with Gasteiger partial charge in [0.25, 0.3) is 0 Å². The summed E-state index contributed by atoms with van der Waals surface area (Å²) in [5.74, 6) is -0.804. The molecular formula is C13H15NO2. The van der Waals surface area contributed by atoms with E-state index in [4.69, 9.17) is 5.11 Å². The molecule has 0 saturated carbocycles. The first-order valence-corrected chi connectivity index (χ1v) is 5.90. The molecule has 2 aliphatic rings. The van der Waals surface area contributed by atoms with Gasteiger partial charge in [0.15, 0.2) is 0 Å². The molecule has 2 aliphatic heterocycles. The summed E-state index contributed by atoms with van der Waals surface area (Å²) in [6.45, 7) is 2.26. The van der Waals surface area contributed by atoms with E-state index in [1.807, 2.05) is 12.1 Å². The third-order valence-electron chi connectivity index (χ3n) is 3.58. The predicted molar refractivity (Wildman–Crippen MR) is 62.3 cm³/mol. The van der Waals surface area contributed by atoms with Gasteiger partial charge in [-0.05, 0) is 48.9 Å². The second kappa shape index (κ2) is 3.51. The van der Waals surface area contributed by atoms with Gasteiger partial charge < -0.3 is 10.0 Å². The number of aromatic carboxylic acids is 1. The molecule has 1 aromatic rings. The monoisotopic (exact) mass is 217 g/mol. The number of hydrogen-bond acceptors (Lipinski definition) is 2. The second-order valence-corrected chi connectivity index (χ2v) is 4.64. The summed E-state index contributed by atoms with van der Waals surface area (Å²) < 4.78 is 0. The first-order valence-electron chi connectivity index (χ1n) is 5.90. The smallest absolute Gasteiger partial charge is 0.335 e. The van der Waals surface area contributed by atoms with Crippen molar-refractivity contribution in [1.29, 1.82) is 0 Å². The summed E-state index contributed by atoms with van der Waals surface area (Å²) in [6.07, 6.45) is 4.35. The second-order valence-electron chi connectivity index (χ2n) is 4.64. The van der Waals surface area contributed by atoms with E-state index in [9.17, 15) is 4.79 Å². The van der Waals surface area contributed by atoms with E-state index in [-0.39, 0.29) is 0 Å². The third kappa shape index (κ3) is 1.39. The number of anilines is 1. The van der Waals surface area contributed by atoms with E-state index in [1.165, 1.54) is 16.8 Å². The Hall–Kier alpha value is -1.51. The van der Waals surface area contributed by atoms with E-state index >= 15 is 0 Å². The van der Waals surface area contributed by atoms with Gasteiger partial charge >= 0.3 is 5.97 Å². The zero-order chi connectivity index (χ0) is 11.1. The molecule has 0 spiro atoms. The molecule has 2 heterocycles. The van der Waals surface area contributed by atoms with Crippen LogP contribution in [0.1, 0.15) is 34.3 Å². The fourth-order valence-electron chi connectivity index (χ4n) is 2.93. The Labute approximate surface area is 94.7 Å². The fraction of sp³-hybridized carbons (Fsp3) is 0.462. The van der Waals surface area contributed by atoms with Crippen LogP contribution in [0.5, 0.6) is 0 Å². The normalized spacial score (nSPS) is 18.1. The Kier molecular flexibility index (Phi) is 2.13. The Morgan fingerprint density at radius 1 is 1.12 bits per heavy atom. The van der Waals surface area contributed by atoms with E-state index in [0.29, 0.717) is 5.56 Å². The molecule has 0 aliphatic carbocycles. The van der Waals surface area contributed by atoms with Crippen LogP contribution in [0.25, 0.3) is 0 Å². The van der Waals surface area contributed by atoms with Gasteiger partial charge in [-0.25, -0.2) is 4.79 Å². The molecule has 1 aromatic carbocycles. The van der Waals surface area contributed by atoms with Crippen molar-refractivity contribution in [2.45, 2.75) is 25.7 Å². The minimum Gasteiger partial charge on any atom is -0.478 e. The van der Waals surface area contributed by atoms with Crippen molar-refractivity contribution in [3.05, 3.63) is 28.8 Å². The molecule has 3 rings (SSSR count). The number of carbonyl (C=O) groups is 1. The number of carboxylic acids is 1. The molecule has 0 radical (unpaired) electrons. The molecule has 84 valence electrons. The topological polar surface area (TPSA) is 40.5 Å². The fourth-order valence-corrected chi connectivity index (χ4v) is 2.93. The van der Waals surface area contributed by atoms with Crippen LogP contribution in [-0.4, -0.2) is 24.2 Å². The summed E-state index contributed by atoms with van der Waals surface area (Å²) in [5.41, 5.74) is 4.27. The van der Waals surface area contributed by atoms with Crippen molar-refractivity contribution in [3.63, 3.8) is 0 Å². The maximum atomic E-state index is 11.0. The standard InChI is InChI=1S/C13H15NO2/c15-13(16)11-7-9-3-1-5-14-6-2-4-10(8-11)12(9)14/h7-8H,1-6H2,(H,15,16). The van der Waals surface area contributed by atoms with Crippen LogP contribution >= 0.6 is 0 Å². The lowest BCUT2D eigenvalue weighted by Crippen LogP contribution is -2.34. The first kappa shape index (κ1) is 9.70. The highest BCUT2D eigenvalue weighted by Crippen LogP contribution is 2.35. The van der Waals surface area contributed by atoms with Gasteiger partial charge in [-0.2, -0.15) is 0 Å². The predicted octanol–water partition coefficient (Wildman–Crippen LogP) is 2.08. The van der Waals surface area contributed by atoms with Gasteiger partial charge in [0.1, 0.15) is 0 Å². The van der Waals surface area contributed by atoms with Gasteiger partial charge in [0.05, 0.1) is 5.56 Å². The molecule has 16 heavy (non-hydrogen) atoms. The highest BCUT2D eigenvalue weighted by atomic mass is 16.4. The molecule has 1 N–H and O–H groups in total. The Morgan fingerprint density at radius 2 is 1.69 bits per heavy atom. The summed E-state index contributed by atoms with van der Waals surface area (Å²) in [4.78, 5) is 13.5. The highest BCUT2D eigenvalue weighted by Gasteiger charge is 2.24. The van der Waals surface area contributed by atoms with E-state index in [1.54, 1.807) is 0 Å². The van der Waals surface area contributed by atoms with Gasteiger partial charge in [-0.3, -0.25) is 0 Å². The van der Waals surface area contributed by atoms with Crippen LogP contribution in [0.15, 0.2) is 12.1 Å². The van der Waals surface area contributed by atoms with Crippen molar-refractivity contribution >= 4 is 11.7 Å². The zero-order valence-electron chi connectivity index (χ0n) is 9.20. The van der Waals surface area contributed by atoms with Gasteiger partial charge in [-0.1, -0.05) is 0 Å². The van der Waals surface area contributed by atoms with E-state index in [2.05, 4.69) is 4.90 Å². The number of nitrogens with zero attached hydrogens (tertiary/aromatic N) is 1. The Morgan fingerprint density at radius 3 is 2.19 bits per heavy atom. The van der Waals surface area contributed by atoms with Crippen LogP contribution in [0, 0.1) is 0 Å². The number of rotatable bonds is 1. The van der Waals surface area contributed by atoms with Gasteiger partial charge in [-0.15, -0.1) is 0 Å². The van der Waals surface area contributed by atoms with Gasteiger partial charge in [0, 0.05) is 18.8 Å². The average molecular weight is 217 g/mol. The van der Waals surface area contributed by atoms with E-state index in [0.717, 1.165) is 38.8 Å². The zero-order valence-corrected chi connectivity index (χ0v) is 9.20. The molecule has 0 aromatic heterocycles. The van der Waals surface area contributed by atoms with Crippen molar-refractivity contribution in [2.24, 2.45) is 0 Å². The Balaban J connectivity index is 2.17. The number of aryl methyl sites for hydroxylation is 2. The van der Waals surface area contributed by atoms with Crippen LogP contribution in [0.4, 0.5) is 5.69 Å². The SMILES string of the molecule is O=C(O)c1cc2c3c(c1)CCCN3CCC2. The summed E-state index contributed by atoms with van der Waals surface area (Å²) in [7, 11) is 0. The van der Waals surface area contributed by atoms with Crippen LogP contribution in [0.3, 0.4) is 0 Å². The third-order valence-corrected chi connectivity index (χ3v) is 3.58. The molecule has 0 unspecified atom stereocenters. The van der Waals surface area contributed by atoms with Crippen molar-refractivity contribution in [2.75, 3.05) is 18.0 Å². The van der Waals surface area contributed by atoms with Crippen molar-refractivity contribution in [3.8, 4) is 0 Å². The summed E-state index contributed by atoms with van der Waals surface area (Å²) in [5, 5.41) is 9.08. The van der Waals surface area contributed by atoms with Crippen LogP contribution in [0.2, 0.25) is 0 Å². The lowest BCUT2D eigenvalue weighted by Gasteiger charge is -2.37. The maximum Gasteiger partial charge on any atom is 0.335 e. The minimum absolute atomic E-state index is 0.456. The summed E-state index contributed by atoms with van der Waals surface area (Å²) >= 11 is 0. The molecule has 3 heteroatoms. The number of hydrogen-bond donors (Lipinski definition) is 1. The molecule has 0 atom stereocenters. The molecule has 0 fully saturated rings. The molecule has 3 nitrogen and oxygen atoms in total. The Bertz CT molecular complexity index is 422. The first-order chi connectivity index (χ1) is 7.75. The van der Waals surface area contributed by atoms with Crippen molar-refractivity contribution < 1.29 is 9.90 Å². The lowest BCUT2D eigenvalue weighted by atomic mass is 9.90. The number of benzene rings is 1. The van der Waals surface area contributed by atoms with Crippen LogP contribution in [-0.2, 0) is 12.8 Å². The van der Waals surface area contributed by atoms with Crippen LogP contribution < -0.4 is 4.90 Å². The molecule has 0 saturated heterocycles. The molecule has 0 bridgehead atoms. The highest BCUT2D eigenvalue weighted by molar-refractivity contribution is 5.89. The summed E-state index contributed by atoms with van der Waals surface area (Å²) in [6, 6.07) is 3.72. The number of carboxylic acid groups (broad SMARTS) is 1. The lowest BCUT2D eigenvalue weighted by molar-refractivity contribution is 0.0696. The largest absolute Gasteiger partial charge is 0.478 e. The van der Waals surface area contributed by atoms with Gasteiger partial charge in [0.2, 0.25) is 0 Å². The quantitative estimate of drug-likeness (QED) is 0.783.